The fourth-order valence-electron chi connectivity index (χ4n) is 3.36. The third-order valence-electron chi connectivity index (χ3n) is 4.04. The normalized spacial score (nSPS) is 26.2. The molecular weight excluding hydrogens is 222 g/mol. The van der Waals surface area contributed by atoms with Crippen LogP contribution in [-0.4, -0.2) is 62.7 Å². The van der Waals surface area contributed by atoms with E-state index in [1.807, 2.05) is 0 Å². The van der Waals surface area contributed by atoms with Crippen molar-refractivity contribution in [2.45, 2.75) is 39.2 Å². The number of likely N-dealkylation sites (tertiary alicyclic amines) is 1. The summed E-state index contributed by atoms with van der Waals surface area (Å²) in [4.78, 5) is 4.98. The van der Waals surface area contributed by atoms with E-state index in [0.717, 1.165) is 12.0 Å². The van der Waals surface area contributed by atoms with E-state index in [0.29, 0.717) is 5.41 Å². The molecule has 1 heterocycles. The maximum Gasteiger partial charge on any atom is 0.00683 e. The van der Waals surface area contributed by atoms with Gasteiger partial charge in [0.15, 0.2) is 0 Å². The van der Waals surface area contributed by atoms with Gasteiger partial charge in [-0.05, 0) is 57.8 Å². The quantitative estimate of drug-likeness (QED) is 0.744. The van der Waals surface area contributed by atoms with Crippen LogP contribution in [0.2, 0.25) is 0 Å². The second kappa shape index (κ2) is 5.89. The average Bonchev–Trinajstić information content (AvgIpc) is 2.95. The van der Waals surface area contributed by atoms with Crippen LogP contribution in [0.3, 0.4) is 0 Å². The molecule has 18 heavy (non-hydrogen) atoms. The van der Waals surface area contributed by atoms with E-state index in [9.17, 15) is 0 Å². The first-order valence-corrected chi connectivity index (χ1v) is 7.55. The van der Waals surface area contributed by atoms with Gasteiger partial charge < -0.3 is 15.1 Å². The second-order valence-electron chi connectivity index (χ2n) is 7.47. The largest absolute Gasteiger partial charge is 0.314 e. The van der Waals surface area contributed by atoms with Crippen molar-refractivity contribution in [3.8, 4) is 0 Å². The summed E-state index contributed by atoms with van der Waals surface area (Å²) in [5.41, 5.74) is 0.405. The van der Waals surface area contributed by atoms with E-state index in [4.69, 9.17) is 0 Å². The Hall–Kier alpha value is -0.120. The molecule has 0 bridgehead atoms. The van der Waals surface area contributed by atoms with Gasteiger partial charge in [-0.25, -0.2) is 0 Å². The Balaban J connectivity index is 1.67. The lowest BCUT2D eigenvalue weighted by Crippen LogP contribution is -2.39. The maximum atomic E-state index is 3.68. The van der Waals surface area contributed by atoms with Crippen molar-refractivity contribution in [3.63, 3.8) is 0 Å². The van der Waals surface area contributed by atoms with Crippen molar-refractivity contribution in [1.82, 2.24) is 15.1 Å². The molecule has 106 valence electrons. The lowest BCUT2D eigenvalue weighted by Gasteiger charge is -2.32. The molecule has 1 aliphatic carbocycles. The minimum absolute atomic E-state index is 0.405. The van der Waals surface area contributed by atoms with Crippen molar-refractivity contribution in [1.29, 1.82) is 0 Å². The minimum Gasteiger partial charge on any atom is -0.314 e. The lowest BCUT2D eigenvalue weighted by molar-refractivity contribution is 0.160. The van der Waals surface area contributed by atoms with E-state index in [1.165, 1.54) is 52.0 Å². The summed E-state index contributed by atoms with van der Waals surface area (Å²) < 4.78 is 0. The van der Waals surface area contributed by atoms with Gasteiger partial charge in [0.1, 0.15) is 0 Å². The molecule has 1 saturated heterocycles. The molecule has 2 aliphatic rings. The Bertz CT molecular complexity index is 258. The molecule has 2 rings (SSSR count). The van der Waals surface area contributed by atoms with Gasteiger partial charge in [0.05, 0.1) is 0 Å². The standard InChI is InChI=1S/C15H31N3/c1-15(2,11-17(3)4)12-18-8-7-13(10-18)9-16-14-5-6-14/h13-14,16H,5-12H2,1-4H3. The van der Waals surface area contributed by atoms with Crippen LogP contribution in [0.1, 0.15) is 33.1 Å². The van der Waals surface area contributed by atoms with E-state index in [-0.39, 0.29) is 0 Å². The third-order valence-corrected chi connectivity index (χ3v) is 4.04. The summed E-state index contributed by atoms with van der Waals surface area (Å²) >= 11 is 0. The molecule has 0 aromatic rings. The monoisotopic (exact) mass is 253 g/mol. The van der Waals surface area contributed by atoms with Gasteiger partial charge in [-0.1, -0.05) is 13.8 Å². The van der Waals surface area contributed by atoms with Crippen LogP contribution in [0.5, 0.6) is 0 Å². The lowest BCUT2D eigenvalue weighted by atomic mass is 9.92. The molecule has 3 heteroatoms. The predicted octanol–water partition coefficient (Wildman–Crippen LogP) is 1.65. The Morgan fingerprint density at radius 3 is 2.56 bits per heavy atom. The molecule has 1 saturated carbocycles. The smallest absolute Gasteiger partial charge is 0.00683 e. The van der Waals surface area contributed by atoms with Crippen LogP contribution in [0.15, 0.2) is 0 Å². The SMILES string of the molecule is CN(C)CC(C)(C)CN1CCC(CNC2CC2)C1. The van der Waals surface area contributed by atoms with Crippen molar-refractivity contribution >= 4 is 0 Å². The summed E-state index contributed by atoms with van der Waals surface area (Å²) in [6.45, 7) is 11.0. The van der Waals surface area contributed by atoms with Gasteiger partial charge >= 0.3 is 0 Å². The zero-order chi connectivity index (χ0) is 13.2. The molecule has 0 aromatic heterocycles. The van der Waals surface area contributed by atoms with E-state index >= 15 is 0 Å². The molecule has 0 amide bonds. The van der Waals surface area contributed by atoms with Gasteiger partial charge in [-0.15, -0.1) is 0 Å². The highest BCUT2D eigenvalue weighted by Gasteiger charge is 2.29. The zero-order valence-corrected chi connectivity index (χ0v) is 12.7. The number of hydrogen-bond donors (Lipinski definition) is 1. The van der Waals surface area contributed by atoms with E-state index in [1.54, 1.807) is 0 Å². The van der Waals surface area contributed by atoms with Crippen molar-refractivity contribution < 1.29 is 0 Å². The van der Waals surface area contributed by atoms with E-state index < -0.39 is 0 Å². The molecule has 1 atom stereocenters. The number of nitrogens with zero attached hydrogens (tertiary/aromatic N) is 2. The predicted molar refractivity (Wildman–Crippen MR) is 77.9 cm³/mol. The zero-order valence-electron chi connectivity index (χ0n) is 12.7. The van der Waals surface area contributed by atoms with Crippen LogP contribution < -0.4 is 5.32 Å². The van der Waals surface area contributed by atoms with Crippen LogP contribution in [0, 0.1) is 11.3 Å². The molecular formula is C15H31N3. The first-order valence-electron chi connectivity index (χ1n) is 7.55. The number of rotatable bonds is 7. The molecule has 0 radical (unpaired) electrons. The Morgan fingerprint density at radius 1 is 1.22 bits per heavy atom. The van der Waals surface area contributed by atoms with Crippen molar-refractivity contribution in [2.75, 3.05) is 46.8 Å². The van der Waals surface area contributed by atoms with Crippen LogP contribution in [0.4, 0.5) is 0 Å². The van der Waals surface area contributed by atoms with E-state index in [2.05, 4.69) is 43.1 Å². The summed E-state index contributed by atoms with van der Waals surface area (Å²) in [5.74, 6) is 0.890. The van der Waals surface area contributed by atoms with Crippen molar-refractivity contribution in [3.05, 3.63) is 0 Å². The van der Waals surface area contributed by atoms with Gasteiger partial charge in [0.25, 0.3) is 0 Å². The molecule has 2 fully saturated rings. The molecule has 3 nitrogen and oxygen atoms in total. The molecule has 1 N–H and O–H groups in total. The Morgan fingerprint density at radius 2 is 1.94 bits per heavy atom. The highest BCUT2D eigenvalue weighted by atomic mass is 15.2. The number of nitrogens with one attached hydrogen (secondary N) is 1. The second-order valence-corrected chi connectivity index (χ2v) is 7.47. The van der Waals surface area contributed by atoms with Crippen LogP contribution in [0.25, 0.3) is 0 Å². The summed E-state index contributed by atoms with van der Waals surface area (Å²) in [6.07, 6.45) is 4.20. The fraction of sp³-hybridized carbons (Fsp3) is 1.00. The molecule has 0 aromatic carbocycles. The Kier molecular flexibility index (Phi) is 4.68. The van der Waals surface area contributed by atoms with Gasteiger partial charge in [-0.3, -0.25) is 0 Å². The molecule has 1 aliphatic heterocycles. The number of hydrogen-bond acceptors (Lipinski definition) is 3. The Labute approximate surface area is 113 Å². The minimum atomic E-state index is 0.405. The summed E-state index contributed by atoms with van der Waals surface area (Å²) in [7, 11) is 4.35. The van der Waals surface area contributed by atoms with Crippen LogP contribution in [-0.2, 0) is 0 Å². The summed E-state index contributed by atoms with van der Waals surface area (Å²) in [6, 6.07) is 0.865. The average molecular weight is 253 g/mol. The first-order chi connectivity index (χ1) is 8.44. The highest BCUT2D eigenvalue weighted by molar-refractivity contribution is 4.86. The van der Waals surface area contributed by atoms with Gasteiger partial charge in [0.2, 0.25) is 0 Å². The maximum absolute atomic E-state index is 3.68. The molecule has 1 unspecified atom stereocenters. The first kappa shape index (κ1) is 14.3. The fourth-order valence-corrected chi connectivity index (χ4v) is 3.36. The topological polar surface area (TPSA) is 18.5 Å². The van der Waals surface area contributed by atoms with Crippen LogP contribution >= 0.6 is 0 Å². The van der Waals surface area contributed by atoms with Gasteiger partial charge in [-0.2, -0.15) is 0 Å². The summed E-state index contributed by atoms with van der Waals surface area (Å²) in [5, 5.41) is 3.68. The highest BCUT2D eigenvalue weighted by Crippen LogP contribution is 2.24. The third kappa shape index (κ3) is 4.87. The molecule has 0 spiro atoms. The van der Waals surface area contributed by atoms with Gasteiger partial charge in [0, 0.05) is 25.7 Å². The van der Waals surface area contributed by atoms with Crippen molar-refractivity contribution in [2.24, 2.45) is 11.3 Å².